The van der Waals surface area contributed by atoms with Gasteiger partial charge in [-0.05, 0) is 18.1 Å². The molecule has 0 saturated carbocycles. The third-order valence-electron chi connectivity index (χ3n) is 3.22. The van der Waals surface area contributed by atoms with Crippen molar-refractivity contribution in [1.82, 2.24) is 20.1 Å². The van der Waals surface area contributed by atoms with Crippen molar-refractivity contribution < 1.29 is 9.53 Å². The molecule has 0 fully saturated rings. The summed E-state index contributed by atoms with van der Waals surface area (Å²) >= 11 is 1.37. The zero-order chi connectivity index (χ0) is 16.8. The van der Waals surface area contributed by atoms with E-state index in [0.29, 0.717) is 29.2 Å². The minimum atomic E-state index is 0.00513. The van der Waals surface area contributed by atoms with Gasteiger partial charge in [0.25, 0.3) is 0 Å². The predicted molar refractivity (Wildman–Crippen MR) is 91.6 cm³/mol. The smallest absolute Gasteiger partial charge is 0.230 e. The van der Waals surface area contributed by atoms with Gasteiger partial charge in [0.1, 0.15) is 5.75 Å². The van der Waals surface area contributed by atoms with Gasteiger partial charge in [0.2, 0.25) is 5.91 Å². The Morgan fingerprint density at radius 2 is 2.09 bits per heavy atom. The molecule has 0 atom stereocenters. The van der Waals surface area contributed by atoms with Crippen LogP contribution in [0.2, 0.25) is 0 Å². The van der Waals surface area contributed by atoms with Gasteiger partial charge < -0.3 is 14.6 Å². The molecule has 0 bridgehead atoms. The van der Waals surface area contributed by atoms with Crippen molar-refractivity contribution in [2.75, 3.05) is 19.4 Å². The molecule has 6 nitrogen and oxygen atoms in total. The molecular formula is C16H22N4O2S. The number of rotatable bonds is 7. The summed E-state index contributed by atoms with van der Waals surface area (Å²) < 4.78 is 7.24. The molecule has 1 aromatic heterocycles. The third-order valence-corrected chi connectivity index (χ3v) is 4.24. The summed E-state index contributed by atoms with van der Waals surface area (Å²) in [4.78, 5) is 11.8. The lowest BCUT2D eigenvalue weighted by molar-refractivity contribution is -0.118. The van der Waals surface area contributed by atoms with E-state index in [2.05, 4.69) is 29.4 Å². The van der Waals surface area contributed by atoms with Crippen LogP contribution in [0.3, 0.4) is 0 Å². The Hall–Kier alpha value is -2.02. The minimum Gasteiger partial charge on any atom is -0.496 e. The average molecular weight is 334 g/mol. The summed E-state index contributed by atoms with van der Waals surface area (Å²) in [7, 11) is 3.51. The zero-order valence-electron chi connectivity index (χ0n) is 13.9. The Bertz CT molecular complexity index is 670. The number of hydrogen-bond donors (Lipinski definition) is 1. The highest BCUT2D eigenvalue weighted by Crippen LogP contribution is 2.29. The van der Waals surface area contributed by atoms with Gasteiger partial charge in [0.05, 0.1) is 18.4 Å². The number of nitrogens with one attached hydrogen (secondary N) is 1. The molecule has 1 heterocycles. The molecule has 1 amide bonds. The number of methoxy groups -OCH3 is 1. The Morgan fingerprint density at radius 1 is 1.35 bits per heavy atom. The van der Waals surface area contributed by atoms with E-state index in [4.69, 9.17) is 4.74 Å². The molecule has 124 valence electrons. The number of nitrogens with zero attached hydrogens (tertiary/aromatic N) is 3. The largest absolute Gasteiger partial charge is 0.496 e. The number of aromatic nitrogens is 3. The van der Waals surface area contributed by atoms with Crippen LogP contribution in [0.4, 0.5) is 0 Å². The molecule has 23 heavy (non-hydrogen) atoms. The average Bonchev–Trinajstić information content (AvgIpc) is 2.91. The standard InChI is InChI=1S/C16H22N4O2S/c1-11(2)9-17-14(21)10-23-16-19-18-15(20(16)3)12-7-5-6-8-13(12)22-4/h5-8,11H,9-10H2,1-4H3,(H,17,21). The molecule has 7 heteroatoms. The molecule has 0 aliphatic carbocycles. The first-order valence-corrected chi connectivity index (χ1v) is 8.43. The number of amides is 1. The number of hydrogen-bond acceptors (Lipinski definition) is 5. The number of carbonyl (C=O) groups is 1. The normalized spacial score (nSPS) is 10.8. The van der Waals surface area contributed by atoms with Crippen molar-refractivity contribution >= 4 is 17.7 Å². The van der Waals surface area contributed by atoms with E-state index in [9.17, 15) is 4.79 Å². The molecule has 0 aliphatic rings. The second-order valence-electron chi connectivity index (χ2n) is 5.55. The topological polar surface area (TPSA) is 69.0 Å². The first-order valence-electron chi connectivity index (χ1n) is 7.45. The van der Waals surface area contributed by atoms with Crippen molar-refractivity contribution in [3.8, 4) is 17.1 Å². The van der Waals surface area contributed by atoms with E-state index in [-0.39, 0.29) is 5.91 Å². The predicted octanol–water partition coefficient (Wildman–Crippen LogP) is 2.35. The summed E-state index contributed by atoms with van der Waals surface area (Å²) in [6.45, 7) is 4.82. The molecule has 2 rings (SSSR count). The van der Waals surface area contributed by atoms with Gasteiger partial charge >= 0.3 is 0 Å². The van der Waals surface area contributed by atoms with Crippen LogP contribution in [0.15, 0.2) is 29.4 Å². The van der Waals surface area contributed by atoms with Crippen LogP contribution in [0.25, 0.3) is 11.4 Å². The molecule has 0 saturated heterocycles. The maximum absolute atomic E-state index is 11.8. The third kappa shape index (κ3) is 4.48. The molecule has 0 unspecified atom stereocenters. The first-order chi connectivity index (χ1) is 11.0. The van der Waals surface area contributed by atoms with Crippen molar-refractivity contribution in [3.05, 3.63) is 24.3 Å². The van der Waals surface area contributed by atoms with Gasteiger partial charge in [-0.2, -0.15) is 0 Å². The molecule has 0 radical (unpaired) electrons. The molecule has 2 aromatic rings. The molecule has 1 aromatic carbocycles. The lowest BCUT2D eigenvalue weighted by Gasteiger charge is -2.08. The second kappa shape index (κ2) is 8.01. The monoisotopic (exact) mass is 334 g/mol. The highest BCUT2D eigenvalue weighted by atomic mass is 32.2. The fourth-order valence-electron chi connectivity index (χ4n) is 2.00. The van der Waals surface area contributed by atoms with Gasteiger partial charge in [0, 0.05) is 13.6 Å². The van der Waals surface area contributed by atoms with Crippen molar-refractivity contribution in [1.29, 1.82) is 0 Å². The lowest BCUT2D eigenvalue weighted by Crippen LogP contribution is -2.28. The fourth-order valence-corrected chi connectivity index (χ4v) is 2.74. The summed E-state index contributed by atoms with van der Waals surface area (Å²) in [6.07, 6.45) is 0. The van der Waals surface area contributed by atoms with E-state index in [0.717, 1.165) is 11.3 Å². The zero-order valence-corrected chi connectivity index (χ0v) is 14.7. The van der Waals surface area contributed by atoms with Crippen LogP contribution in [-0.2, 0) is 11.8 Å². The summed E-state index contributed by atoms with van der Waals surface area (Å²) in [5, 5.41) is 12.0. The van der Waals surface area contributed by atoms with Crippen LogP contribution < -0.4 is 10.1 Å². The Morgan fingerprint density at radius 3 is 2.78 bits per heavy atom. The van der Waals surface area contributed by atoms with Gasteiger partial charge in [-0.1, -0.05) is 37.7 Å². The number of benzene rings is 1. The van der Waals surface area contributed by atoms with Crippen molar-refractivity contribution in [3.63, 3.8) is 0 Å². The van der Waals surface area contributed by atoms with Gasteiger partial charge in [0.15, 0.2) is 11.0 Å². The van der Waals surface area contributed by atoms with E-state index in [1.807, 2.05) is 35.9 Å². The van der Waals surface area contributed by atoms with Gasteiger partial charge in [-0.3, -0.25) is 4.79 Å². The number of carbonyl (C=O) groups excluding carboxylic acids is 1. The van der Waals surface area contributed by atoms with Crippen LogP contribution in [0.5, 0.6) is 5.75 Å². The van der Waals surface area contributed by atoms with Crippen molar-refractivity contribution in [2.24, 2.45) is 13.0 Å². The Labute approximate surface area is 140 Å². The molecule has 0 spiro atoms. The molecule has 1 N–H and O–H groups in total. The Balaban J connectivity index is 2.06. The Kier molecular flexibility index (Phi) is 6.04. The van der Waals surface area contributed by atoms with E-state index < -0.39 is 0 Å². The van der Waals surface area contributed by atoms with Crippen LogP contribution >= 0.6 is 11.8 Å². The maximum atomic E-state index is 11.8. The van der Waals surface area contributed by atoms with Crippen LogP contribution in [-0.4, -0.2) is 40.1 Å². The quantitative estimate of drug-likeness (QED) is 0.787. The van der Waals surface area contributed by atoms with Crippen LogP contribution in [0, 0.1) is 5.92 Å². The lowest BCUT2D eigenvalue weighted by atomic mass is 10.2. The number of para-hydroxylation sites is 1. The number of ether oxygens (including phenoxy) is 1. The number of thioether (sulfide) groups is 1. The van der Waals surface area contributed by atoms with Gasteiger partial charge in [-0.15, -0.1) is 10.2 Å². The van der Waals surface area contributed by atoms with Crippen LogP contribution in [0.1, 0.15) is 13.8 Å². The summed E-state index contributed by atoms with van der Waals surface area (Å²) in [6, 6.07) is 7.66. The molecule has 0 aliphatic heterocycles. The van der Waals surface area contributed by atoms with Crippen molar-refractivity contribution in [2.45, 2.75) is 19.0 Å². The van der Waals surface area contributed by atoms with E-state index >= 15 is 0 Å². The second-order valence-corrected chi connectivity index (χ2v) is 6.49. The fraction of sp³-hybridized carbons (Fsp3) is 0.438. The SMILES string of the molecule is COc1ccccc1-c1nnc(SCC(=O)NCC(C)C)n1C. The maximum Gasteiger partial charge on any atom is 0.230 e. The highest BCUT2D eigenvalue weighted by Gasteiger charge is 2.15. The first kappa shape index (κ1) is 17.3. The highest BCUT2D eigenvalue weighted by molar-refractivity contribution is 7.99. The summed E-state index contributed by atoms with van der Waals surface area (Å²) in [5.41, 5.74) is 0.876. The minimum absolute atomic E-state index is 0.00513. The molecular weight excluding hydrogens is 312 g/mol. The van der Waals surface area contributed by atoms with E-state index in [1.54, 1.807) is 7.11 Å². The van der Waals surface area contributed by atoms with E-state index in [1.165, 1.54) is 11.8 Å². The summed E-state index contributed by atoms with van der Waals surface area (Å²) in [5.74, 6) is 2.23. The van der Waals surface area contributed by atoms with Gasteiger partial charge in [-0.25, -0.2) is 0 Å².